The van der Waals surface area contributed by atoms with Crippen LogP contribution in [0, 0.1) is 0 Å². The molecule has 1 aromatic heterocycles. The molecule has 1 atom stereocenters. The fourth-order valence-corrected chi connectivity index (χ4v) is 2.86. The summed E-state index contributed by atoms with van der Waals surface area (Å²) in [6, 6.07) is 12.4. The van der Waals surface area contributed by atoms with E-state index in [0.717, 1.165) is 17.7 Å². The number of rotatable bonds is 6. The Balaban J connectivity index is 1.93. The van der Waals surface area contributed by atoms with Crippen LogP contribution in [0.2, 0.25) is 0 Å². The van der Waals surface area contributed by atoms with E-state index in [1.807, 2.05) is 31.2 Å². The standard InChI is InChI=1S/C16H19NOS/c1-3-16(18)13-6-8-14(9-7-13)17-12(2)11-15-5-4-10-19-15/h4-10,12,17H,3,11H2,1-2H3. The number of nitrogens with one attached hydrogen (secondary N) is 1. The van der Waals surface area contributed by atoms with E-state index in [2.05, 4.69) is 29.8 Å². The maximum atomic E-state index is 11.5. The molecule has 100 valence electrons. The van der Waals surface area contributed by atoms with Gasteiger partial charge in [0.25, 0.3) is 0 Å². The molecule has 0 bridgehead atoms. The SMILES string of the molecule is CCC(=O)c1ccc(NC(C)Cc2cccs2)cc1. The van der Waals surface area contributed by atoms with Gasteiger partial charge < -0.3 is 5.32 Å². The van der Waals surface area contributed by atoms with Crippen molar-refractivity contribution in [2.24, 2.45) is 0 Å². The van der Waals surface area contributed by atoms with Crippen molar-refractivity contribution in [3.63, 3.8) is 0 Å². The minimum absolute atomic E-state index is 0.193. The summed E-state index contributed by atoms with van der Waals surface area (Å²) in [4.78, 5) is 12.9. The van der Waals surface area contributed by atoms with Crippen LogP contribution in [0.25, 0.3) is 0 Å². The number of carbonyl (C=O) groups excluding carboxylic acids is 1. The minimum atomic E-state index is 0.193. The quantitative estimate of drug-likeness (QED) is 0.791. The summed E-state index contributed by atoms with van der Waals surface area (Å²) in [5, 5.41) is 5.56. The van der Waals surface area contributed by atoms with E-state index in [0.29, 0.717) is 12.5 Å². The third-order valence-corrected chi connectivity index (χ3v) is 3.93. The molecule has 19 heavy (non-hydrogen) atoms. The zero-order valence-corrected chi connectivity index (χ0v) is 12.2. The first-order valence-electron chi connectivity index (χ1n) is 6.61. The van der Waals surface area contributed by atoms with E-state index in [4.69, 9.17) is 0 Å². The first-order valence-corrected chi connectivity index (χ1v) is 7.49. The lowest BCUT2D eigenvalue weighted by molar-refractivity contribution is 0.0988. The second kappa shape index (κ2) is 6.53. The molecule has 1 heterocycles. The first-order chi connectivity index (χ1) is 9.19. The Morgan fingerprint density at radius 3 is 2.58 bits per heavy atom. The van der Waals surface area contributed by atoms with Crippen LogP contribution in [0.5, 0.6) is 0 Å². The van der Waals surface area contributed by atoms with Gasteiger partial charge in [-0.1, -0.05) is 13.0 Å². The van der Waals surface area contributed by atoms with Crippen LogP contribution in [0.15, 0.2) is 41.8 Å². The lowest BCUT2D eigenvalue weighted by Crippen LogP contribution is -2.17. The number of Topliss-reactive ketones (excluding diaryl/α,β-unsaturated/α-hetero) is 1. The maximum Gasteiger partial charge on any atom is 0.162 e. The molecule has 1 N–H and O–H groups in total. The van der Waals surface area contributed by atoms with Crippen molar-refractivity contribution in [2.75, 3.05) is 5.32 Å². The topological polar surface area (TPSA) is 29.1 Å². The Hall–Kier alpha value is -1.61. The molecular weight excluding hydrogens is 254 g/mol. The fraction of sp³-hybridized carbons (Fsp3) is 0.312. The van der Waals surface area contributed by atoms with Crippen LogP contribution in [0.3, 0.4) is 0 Å². The molecule has 0 radical (unpaired) electrons. The largest absolute Gasteiger partial charge is 0.382 e. The molecular formula is C16H19NOS. The highest BCUT2D eigenvalue weighted by Crippen LogP contribution is 2.16. The van der Waals surface area contributed by atoms with Gasteiger partial charge in [0.1, 0.15) is 0 Å². The monoisotopic (exact) mass is 273 g/mol. The second-order valence-corrected chi connectivity index (χ2v) is 5.72. The molecule has 2 nitrogen and oxygen atoms in total. The van der Waals surface area contributed by atoms with Gasteiger partial charge in [0.2, 0.25) is 0 Å². The molecule has 2 aromatic rings. The molecule has 1 aromatic carbocycles. The van der Waals surface area contributed by atoms with Gasteiger partial charge in [0.05, 0.1) is 0 Å². The van der Waals surface area contributed by atoms with Gasteiger partial charge in [0.15, 0.2) is 5.78 Å². The Bertz CT molecular complexity index is 516. The van der Waals surface area contributed by atoms with Crippen LogP contribution in [-0.4, -0.2) is 11.8 Å². The molecule has 0 aliphatic rings. The van der Waals surface area contributed by atoms with Gasteiger partial charge in [0, 0.05) is 35.0 Å². The van der Waals surface area contributed by atoms with E-state index in [-0.39, 0.29) is 5.78 Å². The number of benzene rings is 1. The highest BCUT2D eigenvalue weighted by molar-refractivity contribution is 7.09. The fourth-order valence-electron chi connectivity index (χ4n) is 2.02. The Morgan fingerprint density at radius 2 is 2.00 bits per heavy atom. The third kappa shape index (κ3) is 3.93. The van der Waals surface area contributed by atoms with Gasteiger partial charge in [-0.25, -0.2) is 0 Å². The summed E-state index contributed by atoms with van der Waals surface area (Å²) < 4.78 is 0. The van der Waals surface area contributed by atoms with E-state index < -0.39 is 0 Å². The minimum Gasteiger partial charge on any atom is -0.382 e. The molecule has 0 aliphatic carbocycles. The Kier molecular flexibility index (Phi) is 4.74. The van der Waals surface area contributed by atoms with Crippen molar-refractivity contribution in [2.45, 2.75) is 32.7 Å². The average Bonchev–Trinajstić information content (AvgIpc) is 2.91. The van der Waals surface area contributed by atoms with Gasteiger partial charge in [-0.05, 0) is 42.6 Å². The van der Waals surface area contributed by atoms with Crippen molar-refractivity contribution in [1.82, 2.24) is 0 Å². The number of carbonyl (C=O) groups is 1. The summed E-state index contributed by atoms with van der Waals surface area (Å²) >= 11 is 1.79. The third-order valence-electron chi connectivity index (χ3n) is 3.03. The van der Waals surface area contributed by atoms with Gasteiger partial charge in [-0.2, -0.15) is 0 Å². The summed E-state index contributed by atoms with van der Waals surface area (Å²) in [5.41, 5.74) is 1.86. The summed E-state index contributed by atoms with van der Waals surface area (Å²) in [7, 11) is 0. The average molecular weight is 273 g/mol. The maximum absolute atomic E-state index is 11.5. The number of hydrogen-bond acceptors (Lipinski definition) is 3. The molecule has 0 saturated carbocycles. The summed E-state index contributed by atoms with van der Waals surface area (Å²) in [6.07, 6.45) is 1.58. The van der Waals surface area contributed by atoms with Gasteiger partial charge in [-0.3, -0.25) is 4.79 Å². The normalized spacial score (nSPS) is 12.1. The molecule has 0 amide bonds. The molecule has 0 spiro atoms. The van der Waals surface area contributed by atoms with E-state index in [1.54, 1.807) is 11.3 Å². The van der Waals surface area contributed by atoms with Crippen molar-refractivity contribution in [1.29, 1.82) is 0 Å². The van der Waals surface area contributed by atoms with E-state index in [1.165, 1.54) is 4.88 Å². The predicted molar refractivity (Wildman–Crippen MR) is 82.2 cm³/mol. The molecule has 0 saturated heterocycles. The Labute approximate surface area is 118 Å². The van der Waals surface area contributed by atoms with Crippen molar-refractivity contribution in [3.8, 4) is 0 Å². The summed E-state index contributed by atoms with van der Waals surface area (Å²) in [5.74, 6) is 0.193. The highest BCUT2D eigenvalue weighted by Gasteiger charge is 2.06. The van der Waals surface area contributed by atoms with Crippen molar-refractivity contribution < 1.29 is 4.79 Å². The van der Waals surface area contributed by atoms with Crippen LogP contribution in [0.1, 0.15) is 35.5 Å². The number of anilines is 1. The first kappa shape index (κ1) is 13.8. The van der Waals surface area contributed by atoms with E-state index in [9.17, 15) is 4.79 Å². The van der Waals surface area contributed by atoms with Crippen molar-refractivity contribution in [3.05, 3.63) is 52.2 Å². The number of hydrogen-bond donors (Lipinski definition) is 1. The lowest BCUT2D eigenvalue weighted by Gasteiger charge is -2.14. The highest BCUT2D eigenvalue weighted by atomic mass is 32.1. The van der Waals surface area contributed by atoms with E-state index >= 15 is 0 Å². The van der Waals surface area contributed by atoms with Crippen LogP contribution < -0.4 is 5.32 Å². The van der Waals surface area contributed by atoms with Gasteiger partial charge >= 0.3 is 0 Å². The lowest BCUT2D eigenvalue weighted by atomic mass is 10.1. The molecule has 2 rings (SSSR count). The molecule has 0 aliphatic heterocycles. The second-order valence-electron chi connectivity index (χ2n) is 4.68. The Morgan fingerprint density at radius 1 is 1.26 bits per heavy atom. The number of ketones is 1. The van der Waals surface area contributed by atoms with Crippen LogP contribution in [0.4, 0.5) is 5.69 Å². The summed E-state index contributed by atoms with van der Waals surface area (Å²) in [6.45, 7) is 4.06. The smallest absolute Gasteiger partial charge is 0.162 e. The zero-order chi connectivity index (χ0) is 13.7. The molecule has 1 unspecified atom stereocenters. The van der Waals surface area contributed by atoms with Crippen molar-refractivity contribution >= 4 is 22.8 Å². The van der Waals surface area contributed by atoms with Crippen LogP contribution in [-0.2, 0) is 6.42 Å². The molecule has 3 heteroatoms. The number of thiophene rings is 1. The predicted octanol–water partition coefficient (Wildman–Crippen LogP) is 4.38. The molecule has 0 fully saturated rings. The van der Waals surface area contributed by atoms with Crippen LogP contribution >= 0.6 is 11.3 Å². The zero-order valence-electron chi connectivity index (χ0n) is 11.3. The van der Waals surface area contributed by atoms with Gasteiger partial charge in [-0.15, -0.1) is 11.3 Å².